The van der Waals surface area contributed by atoms with Crippen molar-refractivity contribution >= 4 is 0 Å². The van der Waals surface area contributed by atoms with E-state index in [1.165, 1.54) is 44.5 Å². The standard InChI is InChI=1S/C29H24/c1-19(28-24-15-5-3-11-20(24)21-12-4-6-16-25(21)28)29(2)26-17-9-7-13-22(26)23-14-8-10-18-27(23)29/h3-19,28H,1-2H3. The predicted molar refractivity (Wildman–Crippen MR) is 121 cm³/mol. The van der Waals surface area contributed by atoms with Crippen molar-refractivity contribution in [3.8, 4) is 22.3 Å². The van der Waals surface area contributed by atoms with Crippen LogP contribution >= 0.6 is 0 Å². The average molecular weight is 373 g/mol. The minimum absolute atomic E-state index is 0.0254. The van der Waals surface area contributed by atoms with Gasteiger partial charge in [0.15, 0.2) is 0 Å². The van der Waals surface area contributed by atoms with E-state index in [4.69, 9.17) is 0 Å². The van der Waals surface area contributed by atoms with Crippen molar-refractivity contribution in [1.29, 1.82) is 0 Å². The summed E-state index contributed by atoms with van der Waals surface area (Å²) in [6.07, 6.45) is 0. The summed E-state index contributed by atoms with van der Waals surface area (Å²) in [6, 6.07) is 36.0. The van der Waals surface area contributed by atoms with Crippen molar-refractivity contribution in [3.05, 3.63) is 119 Å². The van der Waals surface area contributed by atoms with Crippen LogP contribution < -0.4 is 0 Å². The summed E-state index contributed by atoms with van der Waals surface area (Å²) in [5.41, 5.74) is 11.5. The Balaban J connectivity index is 1.60. The monoisotopic (exact) mass is 372 g/mol. The molecule has 0 spiro atoms. The molecule has 0 saturated carbocycles. The quantitative estimate of drug-likeness (QED) is 0.343. The van der Waals surface area contributed by atoms with Crippen LogP contribution in [-0.4, -0.2) is 0 Å². The molecule has 0 heteroatoms. The lowest BCUT2D eigenvalue weighted by Crippen LogP contribution is -2.33. The van der Waals surface area contributed by atoms with Gasteiger partial charge in [-0.25, -0.2) is 0 Å². The normalized spacial score (nSPS) is 16.6. The molecule has 2 aliphatic rings. The molecular weight excluding hydrogens is 348 g/mol. The molecule has 1 unspecified atom stereocenters. The lowest BCUT2D eigenvalue weighted by atomic mass is 9.64. The third-order valence-electron chi connectivity index (χ3n) is 7.56. The Hall–Kier alpha value is -3.12. The van der Waals surface area contributed by atoms with Crippen molar-refractivity contribution in [2.45, 2.75) is 25.2 Å². The Morgan fingerprint density at radius 3 is 1.41 bits per heavy atom. The zero-order chi connectivity index (χ0) is 19.6. The zero-order valence-electron chi connectivity index (χ0n) is 16.9. The van der Waals surface area contributed by atoms with Crippen LogP contribution in [0.25, 0.3) is 22.3 Å². The van der Waals surface area contributed by atoms with E-state index in [0.717, 1.165) is 0 Å². The summed E-state index contributed by atoms with van der Waals surface area (Å²) in [7, 11) is 0. The van der Waals surface area contributed by atoms with Gasteiger partial charge in [-0.1, -0.05) is 111 Å². The van der Waals surface area contributed by atoms with Gasteiger partial charge in [-0.15, -0.1) is 0 Å². The van der Waals surface area contributed by atoms with Gasteiger partial charge in [0.25, 0.3) is 0 Å². The molecule has 0 radical (unpaired) electrons. The second kappa shape index (κ2) is 5.94. The van der Waals surface area contributed by atoms with E-state index < -0.39 is 0 Å². The first-order valence-corrected chi connectivity index (χ1v) is 10.6. The van der Waals surface area contributed by atoms with Crippen LogP contribution in [0.4, 0.5) is 0 Å². The fraction of sp³-hybridized carbons (Fsp3) is 0.172. The Labute approximate surface area is 172 Å². The van der Waals surface area contributed by atoms with E-state index in [0.29, 0.717) is 11.8 Å². The Bertz CT molecular complexity index is 1160. The first-order chi connectivity index (χ1) is 14.2. The molecule has 0 N–H and O–H groups in total. The third kappa shape index (κ3) is 2.09. The van der Waals surface area contributed by atoms with Crippen LogP contribution in [0.1, 0.15) is 42.0 Å². The minimum atomic E-state index is -0.0254. The van der Waals surface area contributed by atoms with Crippen molar-refractivity contribution in [1.82, 2.24) is 0 Å². The van der Waals surface area contributed by atoms with Crippen molar-refractivity contribution in [3.63, 3.8) is 0 Å². The Morgan fingerprint density at radius 2 is 0.931 bits per heavy atom. The van der Waals surface area contributed by atoms with E-state index in [1.807, 2.05) is 0 Å². The van der Waals surface area contributed by atoms with Crippen LogP contribution in [0.5, 0.6) is 0 Å². The Kier molecular flexibility index (Phi) is 3.44. The molecule has 0 aromatic heterocycles. The van der Waals surface area contributed by atoms with Gasteiger partial charge in [0.2, 0.25) is 0 Å². The molecule has 4 aromatic carbocycles. The molecule has 0 heterocycles. The predicted octanol–water partition coefficient (Wildman–Crippen LogP) is 7.42. The lowest BCUT2D eigenvalue weighted by molar-refractivity contribution is 0.348. The summed E-state index contributed by atoms with van der Waals surface area (Å²) >= 11 is 0. The van der Waals surface area contributed by atoms with Crippen molar-refractivity contribution < 1.29 is 0 Å². The summed E-state index contributed by atoms with van der Waals surface area (Å²) in [4.78, 5) is 0. The van der Waals surface area contributed by atoms with Gasteiger partial charge in [-0.2, -0.15) is 0 Å². The number of hydrogen-bond acceptors (Lipinski definition) is 0. The topological polar surface area (TPSA) is 0 Å². The first kappa shape index (κ1) is 16.8. The van der Waals surface area contributed by atoms with E-state index in [9.17, 15) is 0 Å². The maximum absolute atomic E-state index is 2.46. The van der Waals surface area contributed by atoms with E-state index >= 15 is 0 Å². The fourth-order valence-corrected chi connectivity index (χ4v) is 6.04. The Morgan fingerprint density at radius 1 is 0.552 bits per heavy atom. The van der Waals surface area contributed by atoms with Gasteiger partial charge in [0, 0.05) is 11.3 Å². The zero-order valence-corrected chi connectivity index (χ0v) is 16.9. The molecular formula is C29H24. The molecule has 29 heavy (non-hydrogen) atoms. The molecule has 0 amide bonds. The van der Waals surface area contributed by atoms with Gasteiger partial charge < -0.3 is 0 Å². The van der Waals surface area contributed by atoms with Crippen LogP contribution in [0.2, 0.25) is 0 Å². The lowest BCUT2D eigenvalue weighted by Gasteiger charge is -2.38. The molecule has 0 nitrogen and oxygen atoms in total. The number of rotatable bonds is 2. The van der Waals surface area contributed by atoms with Crippen LogP contribution in [0.3, 0.4) is 0 Å². The SMILES string of the molecule is CC(C1c2ccccc2-c2ccccc21)C1(C)c2ccccc2-c2ccccc21. The molecule has 4 aromatic rings. The van der Waals surface area contributed by atoms with Crippen LogP contribution in [0, 0.1) is 5.92 Å². The highest BCUT2D eigenvalue weighted by atomic mass is 14.5. The van der Waals surface area contributed by atoms with E-state index in [1.54, 1.807) is 0 Å². The fourth-order valence-electron chi connectivity index (χ4n) is 6.04. The minimum Gasteiger partial charge on any atom is -0.0619 e. The summed E-state index contributed by atoms with van der Waals surface area (Å²) in [5.74, 6) is 0.823. The van der Waals surface area contributed by atoms with Gasteiger partial charge in [0.05, 0.1) is 0 Å². The van der Waals surface area contributed by atoms with Gasteiger partial charge in [-0.05, 0) is 50.4 Å². The molecule has 2 aliphatic carbocycles. The maximum Gasteiger partial charge on any atom is 0.0221 e. The molecule has 1 atom stereocenters. The van der Waals surface area contributed by atoms with Gasteiger partial charge >= 0.3 is 0 Å². The van der Waals surface area contributed by atoms with Crippen molar-refractivity contribution in [2.24, 2.45) is 5.92 Å². The smallest absolute Gasteiger partial charge is 0.0221 e. The third-order valence-corrected chi connectivity index (χ3v) is 7.56. The second-order valence-electron chi connectivity index (χ2n) is 8.73. The van der Waals surface area contributed by atoms with Crippen LogP contribution in [0.15, 0.2) is 97.1 Å². The molecule has 140 valence electrons. The highest BCUT2D eigenvalue weighted by Crippen LogP contribution is 2.59. The van der Waals surface area contributed by atoms with Gasteiger partial charge in [-0.3, -0.25) is 0 Å². The van der Waals surface area contributed by atoms with E-state index in [2.05, 4.69) is 111 Å². The number of fused-ring (bicyclic) bond motifs is 6. The van der Waals surface area contributed by atoms with Gasteiger partial charge in [0.1, 0.15) is 0 Å². The highest BCUT2D eigenvalue weighted by Gasteiger charge is 2.48. The van der Waals surface area contributed by atoms with Crippen molar-refractivity contribution in [2.75, 3.05) is 0 Å². The van der Waals surface area contributed by atoms with E-state index in [-0.39, 0.29) is 5.41 Å². The number of hydrogen-bond donors (Lipinski definition) is 0. The molecule has 0 bridgehead atoms. The van der Waals surface area contributed by atoms with Crippen LogP contribution in [-0.2, 0) is 5.41 Å². The summed E-state index contributed by atoms with van der Waals surface area (Å²) < 4.78 is 0. The summed E-state index contributed by atoms with van der Waals surface area (Å²) in [5, 5.41) is 0. The first-order valence-electron chi connectivity index (χ1n) is 10.6. The average Bonchev–Trinajstić information content (AvgIpc) is 3.25. The largest absolute Gasteiger partial charge is 0.0619 e. The molecule has 6 rings (SSSR count). The number of benzene rings is 4. The summed E-state index contributed by atoms with van der Waals surface area (Å²) in [6.45, 7) is 4.92. The second-order valence-corrected chi connectivity index (χ2v) is 8.73. The molecule has 0 saturated heterocycles. The molecule has 0 fully saturated rings. The highest BCUT2D eigenvalue weighted by molar-refractivity contribution is 5.83. The molecule has 0 aliphatic heterocycles. The maximum atomic E-state index is 2.46.